The summed E-state index contributed by atoms with van der Waals surface area (Å²) in [5.74, 6) is 0.962. The Balaban J connectivity index is 0.000000640. The van der Waals surface area contributed by atoms with E-state index in [1.165, 1.54) is 32.1 Å². The maximum absolute atomic E-state index is 2.49. The van der Waals surface area contributed by atoms with Gasteiger partial charge in [-0.3, -0.25) is 0 Å². The van der Waals surface area contributed by atoms with Crippen molar-refractivity contribution in [1.82, 2.24) is 0 Å². The Morgan fingerprint density at radius 3 is 2.56 bits per heavy atom. The summed E-state index contributed by atoms with van der Waals surface area (Å²) in [6.07, 6.45) is 9.59. The van der Waals surface area contributed by atoms with E-state index in [0.717, 1.165) is 5.92 Å². The Labute approximate surface area is 83.7 Å². The van der Waals surface area contributed by atoms with Crippen molar-refractivity contribution in [3.63, 3.8) is 0 Å². The zero-order valence-corrected chi connectivity index (χ0v) is 9.11. The molecule has 1 heteroatoms. The molecule has 51 valence electrons. The molecular weight excluding hydrogens is 185 g/mol. The van der Waals surface area contributed by atoms with Crippen LogP contribution in [0.5, 0.6) is 0 Å². The van der Waals surface area contributed by atoms with Gasteiger partial charge in [0.1, 0.15) is 0 Å². The van der Waals surface area contributed by atoms with Crippen molar-refractivity contribution < 1.29 is 32.7 Å². The molecule has 0 aromatic heterocycles. The Kier molecular flexibility index (Phi) is 6.57. The maximum atomic E-state index is 2.49. The van der Waals surface area contributed by atoms with Crippen molar-refractivity contribution in [3.8, 4) is 0 Å². The molecule has 0 bridgehead atoms. The maximum Gasteiger partial charge on any atom is 0 e. The molecule has 1 fully saturated rings. The minimum Gasteiger partial charge on any atom is -0.325 e. The second-order valence-corrected chi connectivity index (χ2v) is 2.69. The average molecular weight is 200 g/mol. The molecule has 1 atom stereocenters. The van der Waals surface area contributed by atoms with Gasteiger partial charge in [0.15, 0.2) is 0 Å². The molecule has 9 heavy (non-hydrogen) atoms. The van der Waals surface area contributed by atoms with E-state index in [0.29, 0.717) is 0 Å². The van der Waals surface area contributed by atoms with Crippen LogP contribution in [0.25, 0.3) is 0 Å². The van der Waals surface area contributed by atoms with Gasteiger partial charge < -0.3 is 6.42 Å². The van der Waals surface area contributed by atoms with Crippen molar-refractivity contribution in [2.75, 3.05) is 0 Å². The van der Waals surface area contributed by atoms with Crippen molar-refractivity contribution in [2.24, 2.45) is 5.92 Å². The first-order valence-corrected chi connectivity index (χ1v) is 3.77. The van der Waals surface area contributed by atoms with Gasteiger partial charge in [0, 0.05) is 32.7 Å². The first-order valence-electron chi connectivity index (χ1n) is 3.77. The predicted octanol–water partition coefficient (Wildman–Crippen LogP) is 2.79. The van der Waals surface area contributed by atoms with Crippen LogP contribution in [0.2, 0.25) is 0 Å². The van der Waals surface area contributed by atoms with Crippen LogP contribution in [0.1, 0.15) is 39.0 Å². The third kappa shape index (κ3) is 3.73. The summed E-state index contributed by atoms with van der Waals surface area (Å²) in [5, 5.41) is 0. The van der Waals surface area contributed by atoms with Gasteiger partial charge in [-0.2, -0.15) is 12.3 Å². The van der Waals surface area contributed by atoms with Crippen molar-refractivity contribution in [2.45, 2.75) is 39.0 Å². The van der Waals surface area contributed by atoms with Crippen LogP contribution >= 0.6 is 0 Å². The zero-order chi connectivity index (χ0) is 5.82. The van der Waals surface area contributed by atoms with E-state index in [-0.39, 0.29) is 32.7 Å². The summed E-state index contributed by atoms with van der Waals surface area (Å²) >= 11 is 0. The monoisotopic (exact) mass is 200 g/mol. The van der Waals surface area contributed by atoms with Gasteiger partial charge in [-0.05, 0) is 0 Å². The van der Waals surface area contributed by atoms with Gasteiger partial charge in [0.05, 0.1) is 0 Å². The van der Waals surface area contributed by atoms with Gasteiger partial charge in [-0.15, -0.1) is 0 Å². The van der Waals surface area contributed by atoms with E-state index in [2.05, 4.69) is 13.3 Å². The summed E-state index contributed by atoms with van der Waals surface area (Å²) in [7, 11) is 0. The zero-order valence-electron chi connectivity index (χ0n) is 6.27. The molecular formula is C8H15Y-. The molecule has 0 aromatic rings. The van der Waals surface area contributed by atoms with Gasteiger partial charge in [-0.25, -0.2) is 0 Å². The van der Waals surface area contributed by atoms with Gasteiger partial charge >= 0.3 is 0 Å². The molecule has 0 aromatic carbocycles. The van der Waals surface area contributed by atoms with E-state index < -0.39 is 0 Å². The van der Waals surface area contributed by atoms with Crippen LogP contribution in [-0.4, -0.2) is 0 Å². The number of hydrogen-bond acceptors (Lipinski definition) is 0. The van der Waals surface area contributed by atoms with Gasteiger partial charge in [0.2, 0.25) is 0 Å². The van der Waals surface area contributed by atoms with E-state index in [9.17, 15) is 0 Å². The standard InChI is InChI=1S/C8H15.Y/c1-2-8-6-4-3-5-7-8;/h6,8H,2-5,7H2,1H3;/q-1;. The van der Waals surface area contributed by atoms with Crippen LogP contribution in [0.15, 0.2) is 0 Å². The van der Waals surface area contributed by atoms with Gasteiger partial charge in [0.25, 0.3) is 0 Å². The Morgan fingerprint density at radius 2 is 2.22 bits per heavy atom. The fourth-order valence-electron chi connectivity index (χ4n) is 1.39. The minimum atomic E-state index is 0. The molecule has 1 unspecified atom stereocenters. The van der Waals surface area contributed by atoms with Crippen LogP contribution in [-0.2, 0) is 32.7 Å². The fraction of sp³-hybridized carbons (Fsp3) is 0.875. The molecule has 0 saturated heterocycles. The van der Waals surface area contributed by atoms with Crippen LogP contribution in [0.4, 0.5) is 0 Å². The second-order valence-electron chi connectivity index (χ2n) is 2.69. The third-order valence-corrected chi connectivity index (χ3v) is 2.05. The molecule has 1 rings (SSSR count). The van der Waals surface area contributed by atoms with Crippen molar-refractivity contribution >= 4 is 0 Å². The Hall–Kier alpha value is 1.10. The van der Waals surface area contributed by atoms with E-state index >= 15 is 0 Å². The predicted molar refractivity (Wildman–Crippen MR) is 36.5 cm³/mol. The Bertz CT molecular complexity index is 55.6. The van der Waals surface area contributed by atoms with Crippen molar-refractivity contribution in [1.29, 1.82) is 0 Å². The summed E-state index contributed by atoms with van der Waals surface area (Å²) in [6.45, 7) is 2.28. The van der Waals surface area contributed by atoms with Gasteiger partial charge in [-0.1, -0.05) is 32.6 Å². The van der Waals surface area contributed by atoms with E-state index in [1.54, 1.807) is 0 Å². The summed E-state index contributed by atoms with van der Waals surface area (Å²) in [5.41, 5.74) is 0. The van der Waals surface area contributed by atoms with Crippen molar-refractivity contribution in [3.05, 3.63) is 6.42 Å². The molecule has 0 spiro atoms. The summed E-state index contributed by atoms with van der Waals surface area (Å²) in [6, 6.07) is 0. The largest absolute Gasteiger partial charge is 0.325 e. The number of rotatable bonds is 1. The average Bonchev–Trinajstić information content (AvgIpc) is 1.90. The molecule has 1 aliphatic rings. The first kappa shape index (κ1) is 10.1. The van der Waals surface area contributed by atoms with E-state index in [4.69, 9.17) is 0 Å². The molecule has 0 N–H and O–H groups in total. The summed E-state index contributed by atoms with van der Waals surface area (Å²) in [4.78, 5) is 0. The molecule has 0 nitrogen and oxygen atoms in total. The molecule has 0 amide bonds. The van der Waals surface area contributed by atoms with E-state index in [1.807, 2.05) is 0 Å². The SMILES string of the molecule is CCC1[CH-]CCCC1.[Y]. The smallest absolute Gasteiger partial charge is 0 e. The van der Waals surface area contributed by atoms with Crippen LogP contribution < -0.4 is 0 Å². The molecule has 1 radical (unpaired) electrons. The number of hydrogen-bond donors (Lipinski definition) is 0. The van der Waals surface area contributed by atoms with Crippen LogP contribution in [0.3, 0.4) is 0 Å². The molecule has 0 aliphatic heterocycles. The summed E-state index contributed by atoms with van der Waals surface area (Å²) < 4.78 is 0. The minimum absolute atomic E-state index is 0. The molecule has 1 aliphatic carbocycles. The third-order valence-electron chi connectivity index (χ3n) is 2.05. The fourth-order valence-corrected chi connectivity index (χ4v) is 1.39. The quantitative estimate of drug-likeness (QED) is 0.571. The normalized spacial score (nSPS) is 27.0. The second kappa shape index (κ2) is 5.86. The topological polar surface area (TPSA) is 0 Å². The Morgan fingerprint density at radius 1 is 1.44 bits per heavy atom. The first-order chi connectivity index (χ1) is 3.93. The van der Waals surface area contributed by atoms with Crippen LogP contribution in [0, 0.1) is 12.3 Å². The molecule has 1 saturated carbocycles. The molecule has 0 heterocycles.